The van der Waals surface area contributed by atoms with Gasteiger partial charge in [0.25, 0.3) is 0 Å². The van der Waals surface area contributed by atoms with Crippen molar-refractivity contribution < 1.29 is 4.79 Å². The van der Waals surface area contributed by atoms with Gasteiger partial charge in [0.05, 0.1) is 0 Å². The molecule has 0 atom stereocenters. The summed E-state index contributed by atoms with van der Waals surface area (Å²) < 4.78 is 0. The molecule has 0 bridgehead atoms. The molecule has 3 rings (SSSR count). The molecule has 1 aliphatic rings. The molecule has 0 spiro atoms. The number of hydrogen-bond acceptors (Lipinski definition) is 2. The summed E-state index contributed by atoms with van der Waals surface area (Å²) in [4.78, 5) is 13.6. The van der Waals surface area contributed by atoms with E-state index in [2.05, 4.69) is 52.6 Å². The number of carbonyl (C=O) groups excluding carboxylic acids is 1. The van der Waals surface area contributed by atoms with E-state index < -0.39 is 0 Å². The molecule has 1 aliphatic heterocycles. The van der Waals surface area contributed by atoms with Gasteiger partial charge in [-0.2, -0.15) is 0 Å². The van der Waals surface area contributed by atoms with E-state index in [9.17, 15) is 4.79 Å². The van der Waals surface area contributed by atoms with Crippen LogP contribution in [0, 0.1) is 0 Å². The number of hydrogen-bond donors (Lipinski definition) is 1. The first-order chi connectivity index (χ1) is 10.2. The normalized spacial score (nSPS) is 16.8. The minimum atomic E-state index is 0.0861. The number of benzene rings is 2. The number of fused-ring (bicyclic) bond motifs is 1. The number of piperidine rings is 1. The van der Waals surface area contributed by atoms with Gasteiger partial charge < -0.3 is 10.1 Å². The first-order valence-corrected chi connectivity index (χ1v) is 7.68. The zero-order valence-corrected chi connectivity index (χ0v) is 12.5. The average molecular weight is 280 g/mol. The summed E-state index contributed by atoms with van der Waals surface area (Å²) in [6.07, 6.45) is 2.10. The van der Waals surface area contributed by atoms with Crippen LogP contribution in [0.1, 0.15) is 19.8 Å². The van der Waals surface area contributed by atoms with Crippen LogP contribution < -0.4 is 10.8 Å². The minimum absolute atomic E-state index is 0.0861. The zero-order valence-electron chi connectivity index (χ0n) is 12.5. The monoisotopic (exact) mass is 280 g/mol. The van der Waals surface area contributed by atoms with Crippen LogP contribution in [-0.4, -0.2) is 37.3 Å². The number of carbonyl (C=O) groups is 1. The molecule has 0 saturated carbocycles. The van der Waals surface area contributed by atoms with Gasteiger partial charge in [0.1, 0.15) is 0 Å². The maximum absolute atomic E-state index is 11.1. The first-order valence-electron chi connectivity index (χ1n) is 7.68. The zero-order chi connectivity index (χ0) is 14.7. The standard InChI is InChI=1S/C17H21BN2O/c1-13(21)19-17-8-10-20(11-9-17)18-16-7-6-14-4-2-3-5-15(14)12-16/h2-7,12,17-18H,8-11H2,1H3,(H,19,21). The molecule has 2 aromatic carbocycles. The summed E-state index contributed by atoms with van der Waals surface area (Å²) in [5.74, 6) is 0.0861. The Morgan fingerprint density at radius 2 is 1.86 bits per heavy atom. The molecular weight excluding hydrogens is 259 g/mol. The highest BCUT2D eigenvalue weighted by Crippen LogP contribution is 2.12. The van der Waals surface area contributed by atoms with Crippen molar-refractivity contribution in [2.24, 2.45) is 0 Å². The van der Waals surface area contributed by atoms with Crippen molar-refractivity contribution >= 4 is 29.6 Å². The van der Waals surface area contributed by atoms with Crippen LogP contribution in [0.15, 0.2) is 42.5 Å². The van der Waals surface area contributed by atoms with Gasteiger partial charge in [-0.05, 0) is 36.7 Å². The summed E-state index contributed by atoms with van der Waals surface area (Å²) in [7, 11) is 0.998. The third-order valence-electron chi connectivity index (χ3n) is 4.22. The van der Waals surface area contributed by atoms with E-state index in [1.54, 1.807) is 6.92 Å². The van der Waals surface area contributed by atoms with E-state index in [1.807, 2.05) is 0 Å². The quantitative estimate of drug-likeness (QED) is 0.862. The van der Waals surface area contributed by atoms with E-state index in [-0.39, 0.29) is 5.91 Å². The van der Waals surface area contributed by atoms with E-state index in [4.69, 9.17) is 0 Å². The van der Waals surface area contributed by atoms with Gasteiger partial charge in [-0.15, -0.1) is 0 Å². The van der Waals surface area contributed by atoms with Crippen molar-refractivity contribution in [1.82, 2.24) is 10.1 Å². The van der Waals surface area contributed by atoms with E-state index >= 15 is 0 Å². The Balaban J connectivity index is 1.60. The Bertz CT molecular complexity index is 635. The molecule has 0 radical (unpaired) electrons. The fourth-order valence-electron chi connectivity index (χ4n) is 3.12. The molecule has 1 amide bonds. The molecule has 21 heavy (non-hydrogen) atoms. The summed E-state index contributed by atoms with van der Waals surface area (Å²) in [6, 6.07) is 15.6. The van der Waals surface area contributed by atoms with Gasteiger partial charge in [0.2, 0.25) is 13.3 Å². The molecular formula is C17H21BN2O. The van der Waals surface area contributed by atoms with Crippen LogP contribution in [-0.2, 0) is 4.79 Å². The summed E-state index contributed by atoms with van der Waals surface area (Å²) >= 11 is 0. The third kappa shape index (κ3) is 3.64. The van der Waals surface area contributed by atoms with E-state index in [1.165, 1.54) is 16.2 Å². The molecule has 0 aromatic heterocycles. The van der Waals surface area contributed by atoms with Gasteiger partial charge in [0, 0.05) is 13.0 Å². The number of nitrogens with one attached hydrogen (secondary N) is 1. The molecule has 1 N–H and O–H groups in total. The van der Waals surface area contributed by atoms with Gasteiger partial charge in [-0.1, -0.05) is 47.9 Å². The van der Waals surface area contributed by atoms with Crippen molar-refractivity contribution in [2.75, 3.05) is 13.1 Å². The lowest BCUT2D eigenvalue weighted by atomic mass is 9.78. The SMILES string of the molecule is CC(=O)NC1CCN(Bc2ccc3ccccc3c2)CC1. The maximum Gasteiger partial charge on any atom is 0.238 e. The second-order valence-corrected chi connectivity index (χ2v) is 5.93. The fourth-order valence-corrected chi connectivity index (χ4v) is 3.12. The highest BCUT2D eigenvalue weighted by Gasteiger charge is 2.20. The van der Waals surface area contributed by atoms with Crippen LogP contribution in [0.4, 0.5) is 0 Å². The van der Waals surface area contributed by atoms with Crippen LogP contribution in [0.25, 0.3) is 10.8 Å². The fraction of sp³-hybridized carbons (Fsp3) is 0.353. The predicted molar refractivity (Wildman–Crippen MR) is 89.1 cm³/mol. The van der Waals surface area contributed by atoms with Crippen LogP contribution in [0.2, 0.25) is 0 Å². The highest BCUT2D eigenvalue weighted by atomic mass is 16.1. The average Bonchev–Trinajstić information content (AvgIpc) is 2.49. The smallest absolute Gasteiger partial charge is 0.238 e. The minimum Gasteiger partial charge on any atom is -0.354 e. The van der Waals surface area contributed by atoms with Gasteiger partial charge >= 0.3 is 0 Å². The topological polar surface area (TPSA) is 32.3 Å². The molecule has 1 saturated heterocycles. The Morgan fingerprint density at radius 3 is 2.57 bits per heavy atom. The van der Waals surface area contributed by atoms with Crippen LogP contribution >= 0.6 is 0 Å². The third-order valence-corrected chi connectivity index (χ3v) is 4.22. The molecule has 2 aromatic rings. The lowest BCUT2D eigenvalue weighted by molar-refractivity contribution is -0.119. The summed E-state index contributed by atoms with van der Waals surface area (Å²) in [6.45, 7) is 3.71. The molecule has 1 heterocycles. The maximum atomic E-state index is 11.1. The molecule has 0 aliphatic carbocycles. The number of nitrogens with zero attached hydrogens (tertiary/aromatic N) is 1. The second-order valence-electron chi connectivity index (χ2n) is 5.93. The van der Waals surface area contributed by atoms with Crippen molar-refractivity contribution in [2.45, 2.75) is 25.8 Å². The lowest BCUT2D eigenvalue weighted by Gasteiger charge is -2.32. The lowest BCUT2D eigenvalue weighted by Crippen LogP contribution is -2.47. The predicted octanol–water partition coefficient (Wildman–Crippen LogP) is 1.42. The van der Waals surface area contributed by atoms with Crippen molar-refractivity contribution in [3.8, 4) is 0 Å². The van der Waals surface area contributed by atoms with E-state index in [0.29, 0.717) is 6.04 Å². The molecule has 1 fully saturated rings. The first kappa shape index (κ1) is 14.1. The van der Waals surface area contributed by atoms with Crippen molar-refractivity contribution in [1.29, 1.82) is 0 Å². The van der Waals surface area contributed by atoms with Gasteiger partial charge in [-0.3, -0.25) is 4.79 Å². The summed E-state index contributed by atoms with van der Waals surface area (Å²) in [5, 5.41) is 5.63. The molecule has 108 valence electrons. The number of rotatable bonds is 3. The van der Waals surface area contributed by atoms with E-state index in [0.717, 1.165) is 33.3 Å². The second kappa shape index (κ2) is 6.31. The summed E-state index contributed by atoms with van der Waals surface area (Å²) in [5.41, 5.74) is 1.37. The molecule has 3 nitrogen and oxygen atoms in total. The van der Waals surface area contributed by atoms with Gasteiger partial charge in [0.15, 0.2) is 0 Å². The number of amides is 1. The Morgan fingerprint density at radius 1 is 1.14 bits per heavy atom. The van der Waals surface area contributed by atoms with Crippen LogP contribution in [0.3, 0.4) is 0 Å². The Kier molecular flexibility index (Phi) is 4.25. The Hall–Kier alpha value is -1.81. The molecule has 4 heteroatoms. The highest BCUT2D eigenvalue weighted by molar-refractivity contribution is 6.51. The largest absolute Gasteiger partial charge is 0.354 e. The van der Waals surface area contributed by atoms with Gasteiger partial charge in [-0.25, -0.2) is 0 Å². The Labute approximate surface area is 126 Å². The molecule has 0 unspecified atom stereocenters. The van der Waals surface area contributed by atoms with Crippen molar-refractivity contribution in [3.05, 3.63) is 42.5 Å². The van der Waals surface area contributed by atoms with Crippen LogP contribution in [0.5, 0.6) is 0 Å². The van der Waals surface area contributed by atoms with Crippen molar-refractivity contribution in [3.63, 3.8) is 0 Å².